The third-order valence-corrected chi connectivity index (χ3v) is 11.4. The summed E-state index contributed by atoms with van der Waals surface area (Å²) >= 11 is 0. The third kappa shape index (κ3) is 5.00. The fourth-order valence-electron chi connectivity index (χ4n) is 9.40. The first-order chi connectivity index (χ1) is 16.9. The molecule has 204 valence electrons. The molecule has 4 aliphatic carbocycles. The van der Waals surface area contributed by atoms with Gasteiger partial charge in [0.1, 0.15) is 11.8 Å². The zero-order valence-corrected chi connectivity index (χ0v) is 23.1. The fraction of sp³-hybridized carbons (Fsp3) is 0.900. The molecule has 4 saturated carbocycles. The highest BCUT2D eigenvalue weighted by atomic mass is 16.4. The van der Waals surface area contributed by atoms with Crippen molar-refractivity contribution in [1.29, 1.82) is 0 Å². The molecule has 0 spiro atoms. The average molecular weight is 504 g/mol. The van der Waals surface area contributed by atoms with Gasteiger partial charge in [-0.1, -0.05) is 34.6 Å². The van der Waals surface area contributed by atoms with E-state index < -0.39 is 12.0 Å². The number of aliphatic hydroxyl groups excluding tert-OH is 1. The van der Waals surface area contributed by atoms with E-state index in [0.717, 1.165) is 51.4 Å². The first-order valence-corrected chi connectivity index (χ1v) is 14.6. The molecule has 0 aromatic heterocycles. The van der Waals surface area contributed by atoms with Crippen LogP contribution in [0.2, 0.25) is 0 Å². The zero-order chi connectivity index (χ0) is 26.4. The minimum atomic E-state index is -0.964. The highest BCUT2D eigenvalue weighted by molar-refractivity contribution is 5.84. The molecule has 0 bridgehead atoms. The van der Waals surface area contributed by atoms with E-state index in [1.165, 1.54) is 0 Å². The van der Waals surface area contributed by atoms with E-state index in [1.807, 2.05) is 13.8 Å². The number of carbonyl (C=O) groups excluding carboxylic acids is 2. The van der Waals surface area contributed by atoms with Gasteiger partial charge in [-0.3, -0.25) is 9.59 Å². The van der Waals surface area contributed by atoms with E-state index in [4.69, 9.17) is 0 Å². The minimum absolute atomic E-state index is 0.130. The van der Waals surface area contributed by atoms with Gasteiger partial charge in [0.2, 0.25) is 5.91 Å². The van der Waals surface area contributed by atoms with Crippen LogP contribution < -0.4 is 5.32 Å². The Morgan fingerprint density at radius 2 is 1.69 bits per heavy atom. The number of carboxylic acids is 1. The number of carbonyl (C=O) groups is 3. The fourth-order valence-corrected chi connectivity index (χ4v) is 9.40. The Labute approximate surface area is 217 Å². The maximum atomic E-state index is 13.6. The van der Waals surface area contributed by atoms with Crippen LogP contribution >= 0.6 is 0 Å². The number of aliphatic carboxylic acids is 1. The molecule has 10 atom stereocenters. The van der Waals surface area contributed by atoms with Gasteiger partial charge in [-0.15, -0.1) is 0 Å². The Morgan fingerprint density at radius 3 is 2.36 bits per heavy atom. The van der Waals surface area contributed by atoms with Crippen LogP contribution in [0.1, 0.15) is 105 Å². The zero-order valence-electron chi connectivity index (χ0n) is 23.1. The third-order valence-electron chi connectivity index (χ3n) is 11.4. The molecule has 0 unspecified atom stereocenters. The molecular formula is C30H49NO5. The van der Waals surface area contributed by atoms with Crippen LogP contribution in [-0.4, -0.2) is 40.0 Å². The summed E-state index contributed by atoms with van der Waals surface area (Å²) in [6, 6.07) is -0.820. The van der Waals surface area contributed by atoms with Crippen LogP contribution in [-0.2, 0) is 14.4 Å². The van der Waals surface area contributed by atoms with Gasteiger partial charge in [-0.2, -0.15) is 0 Å². The lowest BCUT2D eigenvalue weighted by atomic mass is 9.44. The highest BCUT2D eigenvalue weighted by Crippen LogP contribution is 2.67. The number of ketones is 1. The quantitative estimate of drug-likeness (QED) is 0.421. The van der Waals surface area contributed by atoms with Gasteiger partial charge < -0.3 is 15.5 Å². The lowest BCUT2D eigenvalue weighted by Crippen LogP contribution is -2.57. The van der Waals surface area contributed by atoms with Crippen LogP contribution in [0.3, 0.4) is 0 Å². The summed E-state index contributed by atoms with van der Waals surface area (Å²) in [5, 5.41) is 22.5. The van der Waals surface area contributed by atoms with Crippen molar-refractivity contribution in [2.24, 2.45) is 52.3 Å². The first kappa shape index (κ1) is 27.6. The van der Waals surface area contributed by atoms with Crippen LogP contribution in [0.4, 0.5) is 0 Å². The van der Waals surface area contributed by atoms with Crippen molar-refractivity contribution >= 4 is 17.7 Å². The molecule has 0 aliphatic heterocycles. The predicted molar refractivity (Wildman–Crippen MR) is 139 cm³/mol. The van der Waals surface area contributed by atoms with Crippen molar-refractivity contribution in [3.8, 4) is 0 Å². The topological polar surface area (TPSA) is 104 Å². The van der Waals surface area contributed by atoms with E-state index in [2.05, 4.69) is 26.1 Å². The van der Waals surface area contributed by atoms with Crippen molar-refractivity contribution in [2.75, 3.05) is 0 Å². The molecular weight excluding hydrogens is 454 g/mol. The summed E-state index contributed by atoms with van der Waals surface area (Å²) in [6.45, 7) is 11.0. The van der Waals surface area contributed by atoms with Crippen molar-refractivity contribution in [3.05, 3.63) is 0 Å². The summed E-state index contributed by atoms with van der Waals surface area (Å²) < 4.78 is 0. The van der Waals surface area contributed by atoms with Gasteiger partial charge in [-0.05, 0) is 104 Å². The molecule has 36 heavy (non-hydrogen) atoms. The number of aliphatic hydroxyl groups is 1. The van der Waals surface area contributed by atoms with Gasteiger partial charge in [0.25, 0.3) is 0 Å². The van der Waals surface area contributed by atoms with Crippen LogP contribution in [0, 0.1) is 52.3 Å². The van der Waals surface area contributed by atoms with E-state index in [0.29, 0.717) is 54.6 Å². The number of Topliss-reactive ketones (excluding diaryl/α,β-unsaturated/α-hetero) is 1. The summed E-state index contributed by atoms with van der Waals surface area (Å²) in [5.41, 5.74) is 0.308. The van der Waals surface area contributed by atoms with Gasteiger partial charge >= 0.3 is 5.97 Å². The van der Waals surface area contributed by atoms with E-state index in [9.17, 15) is 24.6 Å². The molecule has 0 radical (unpaired) electrons. The number of nitrogens with one attached hydrogen (secondary N) is 1. The van der Waals surface area contributed by atoms with Crippen LogP contribution in [0.5, 0.6) is 0 Å². The summed E-state index contributed by atoms with van der Waals surface area (Å²) in [5.74, 6) is 1.75. The normalized spacial score (nSPS) is 41.7. The van der Waals surface area contributed by atoms with Gasteiger partial charge in [0.15, 0.2) is 0 Å². The number of amides is 1. The SMILES string of the molecule is CC(C)C[C@H](NC(=O)CC[C@@H](C)[C@H]1CC[C@H]2[C@@H]3C(=O)C[C@@H]4C[C@H](O)CC[C@]4(C)[C@H]3CC[C@]12C)C(=O)O. The molecule has 3 N–H and O–H groups in total. The van der Waals surface area contributed by atoms with E-state index in [1.54, 1.807) is 0 Å². The lowest BCUT2D eigenvalue weighted by molar-refractivity contribution is -0.160. The van der Waals surface area contributed by atoms with Crippen molar-refractivity contribution < 1.29 is 24.6 Å². The second kappa shape index (κ2) is 10.4. The number of carboxylic acid groups (broad SMARTS) is 1. The number of hydrogen-bond acceptors (Lipinski definition) is 4. The second-order valence-corrected chi connectivity index (χ2v) is 13.9. The smallest absolute Gasteiger partial charge is 0.326 e. The molecule has 1 amide bonds. The maximum absolute atomic E-state index is 13.6. The van der Waals surface area contributed by atoms with Crippen molar-refractivity contribution in [1.82, 2.24) is 5.32 Å². The molecule has 0 aromatic rings. The standard InChI is InChI=1S/C30H49NO5/c1-17(2)14-24(28(35)36)31-26(34)9-6-18(3)21-7-8-22-27-23(11-13-30(21,22)5)29(4)12-10-20(32)15-19(29)16-25(27)33/h17-24,27,32H,6-16H2,1-5H3,(H,31,34)(H,35,36)/t18-,19+,20-,21-,22+,23+,24+,27+,29+,30-/m1/s1. The molecule has 4 aliphatic rings. The maximum Gasteiger partial charge on any atom is 0.326 e. The Hall–Kier alpha value is -1.43. The molecule has 4 fully saturated rings. The Morgan fingerprint density at radius 1 is 1.03 bits per heavy atom. The molecule has 0 saturated heterocycles. The summed E-state index contributed by atoms with van der Waals surface area (Å²) in [7, 11) is 0. The number of fused-ring (bicyclic) bond motifs is 5. The van der Waals surface area contributed by atoms with E-state index in [-0.39, 0.29) is 34.7 Å². The van der Waals surface area contributed by atoms with Crippen molar-refractivity contribution in [2.45, 2.75) is 117 Å². The molecule has 6 heteroatoms. The predicted octanol–water partition coefficient (Wildman–Crippen LogP) is 5.22. The van der Waals surface area contributed by atoms with Gasteiger partial charge in [0, 0.05) is 18.8 Å². The largest absolute Gasteiger partial charge is 0.480 e. The van der Waals surface area contributed by atoms with Crippen LogP contribution in [0.15, 0.2) is 0 Å². The van der Waals surface area contributed by atoms with Gasteiger partial charge in [-0.25, -0.2) is 4.79 Å². The number of rotatable bonds is 8. The molecule has 0 aromatic carbocycles. The molecule has 4 rings (SSSR count). The summed E-state index contributed by atoms with van der Waals surface area (Å²) in [6.07, 6.45) is 9.11. The van der Waals surface area contributed by atoms with Gasteiger partial charge in [0.05, 0.1) is 6.10 Å². The lowest BCUT2D eigenvalue weighted by Gasteiger charge is -2.60. The Bertz CT molecular complexity index is 856. The Kier molecular flexibility index (Phi) is 7.96. The molecule has 6 nitrogen and oxygen atoms in total. The molecule has 0 heterocycles. The summed E-state index contributed by atoms with van der Waals surface area (Å²) in [4.78, 5) is 37.7. The van der Waals surface area contributed by atoms with E-state index >= 15 is 0 Å². The number of hydrogen-bond donors (Lipinski definition) is 3. The second-order valence-electron chi connectivity index (χ2n) is 13.9. The monoisotopic (exact) mass is 503 g/mol. The highest BCUT2D eigenvalue weighted by Gasteiger charge is 2.63. The van der Waals surface area contributed by atoms with Crippen LogP contribution in [0.25, 0.3) is 0 Å². The average Bonchev–Trinajstić information content (AvgIpc) is 3.15. The van der Waals surface area contributed by atoms with Crippen molar-refractivity contribution in [3.63, 3.8) is 0 Å². The first-order valence-electron chi connectivity index (χ1n) is 14.6. The minimum Gasteiger partial charge on any atom is -0.480 e. The Balaban J connectivity index is 1.40.